The lowest BCUT2D eigenvalue weighted by molar-refractivity contribution is -0.120. The lowest BCUT2D eigenvalue weighted by Crippen LogP contribution is -2.23. The minimum Gasteiger partial charge on any atom is -0.356 e. The average molecular weight is 232 g/mol. The first-order valence-electron chi connectivity index (χ1n) is 6.09. The van der Waals surface area contributed by atoms with Crippen molar-refractivity contribution in [2.75, 3.05) is 13.6 Å². The normalized spacial score (nSPS) is 7.81. The summed E-state index contributed by atoms with van der Waals surface area (Å²) in [4.78, 5) is 20.7. The Morgan fingerprint density at radius 1 is 1.19 bits per heavy atom. The van der Waals surface area contributed by atoms with Crippen molar-refractivity contribution in [2.24, 2.45) is 5.73 Å². The number of carbonyl (C=O) groups excluding carboxylic acids is 2. The summed E-state index contributed by atoms with van der Waals surface area (Å²) in [7, 11) is 1.50. The van der Waals surface area contributed by atoms with Gasteiger partial charge in [0.25, 0.3) is 0 Å². The van der Waals surface area contributed by atoms with E-state index in [0.717, 1.165) is 32.1 Å². The smallest absolute Gasteiger partial charge is 0.219 e. The molecule has 98 valence electrons. The number of amides is 1. The highest BCUT2D eigenvalue weighted by Gasteiger charge is 1.94. The van der Waals surface area contributed by atoms with E-state index in [4.69, 9.17) is 0 Å². The largest absolute Gasteiger partial charge is 0.356 e. The number of carbonyl (C=O) groups is 2. The van der Waals surface area contributed by atoms with E-state index in [0.29, 0.717) is 12.8 Å². The first kappa shape index (κ1) is 20.5. The van der Waals surface area contributed by atoms with Crippen molar-refractivity contribution in [3.63, 3.8) is 0 Å². The minimum atomic E-state index is 0.102. The number of aldehydes is 1. The molecule has 0 unspecified atom stereocenters. The van der Waals surface area contributed by atoms with Crippen molar-refractivity contribution in [3.8, 4) is 0 Å². The molecule has 16 heavy (non-hydrogen) atoms. The fourth-order valence-electron chi connectivity index (χ4n) is 0.882. The van der Waals surface area contributed by atoms with Gasteiger partial charge in [-0.05, 0) is 19.9 Å². The highest BCUT2D eigenvalue weighted by molar-refractivity contribution is 5.75. The quantitative estimate of drug-likeness (QED) is 0.520. The van der Waals surface area contributed by atoms with Crippen molar-refractivity contribution < 1.29 is 9.59 Å². The molecule has 1 amide bonds. The van der Waals surface area contributed by atoms with E-state index in [9.17, 15) is 9.59 Å². The molecular formula is C12H28N2O2. The number of unbranched alkanes of at least 4 members (excludes halogenated alkanes) is 3. The molecule has 3 N–H and O–H groups in total. The van der Waals surface area contributed by atoms with Crippen LogP contribution in [0.2, 0.25) is 0 Å². The number of nitrogens with two attached hydrogens (primary N) is 1. The van der Waals surface area contributed by atoms with E-state index in [1.54, 1.807) is 0 Å². The van der Waals surface area contributed by atoms with Crippen molar-refractivity contribution in [1.29, 1.82) is 0 Å². The zero-order chi connectivity index (χ0) is 13.2. The van der Waals surface area contributed by atoms with E-state index < -0.39 is 0 Å². The molecule has 0 aromatic rings. The molecule has 0 bridgehead atoms. The van der Waals surface area contributed by atoms with Gasteiger partial charge in [-0.1, -0.05) is 27.2 Å². The Bertz CT molecular complexity index is 139. The lowest BCUT2D eigenvalue weighted by atomic mass is 10.2. The van der Waals surface area contributed by atoms with Gasteiger partial charge in [0.15, 0.2) is 0 Å². The predicted molar refractivity (Wildman–Crippen MR) is 69.3 cm³/mol. The van der Waals surface area contributed by atoms with E-state index >= 15 is 0 Å². The van der Waals surface area contributed by atoms with Crippen molar-refractivity contribution in [2.45, 2.75) is 52.9 Å². The Morgan fingerprint density at radius 2 is 1.75 bits per heavy atom. The molecule has 0 aliphatic heterocycles. The third-order valence-corrected chi connectivity index (χ3v) is 1.64. The third-order valence-electron chi connectivity index (χ3n) is 1.64. The van der Waals surface area contributed by atoms with Crippen LogP contribution in [0.5, 0.6) is 0 Å². The van der Waals surface area contributed by atoms with E-state index in [2.05, 4.69) is 11.1 Å². The second-order valence-corrected chi connectivity index (χ2v) is 2.72. The topological polar surface area (TPSA) is 72.2 Å². The monoisotopic (exact) mass is 232 g/mol. The zero-order valence-corrected chi connectivity index (χ0v) is 11.2. The van der Waals surface area contributed by atoms with Crippen LogP contribution in [-0.2, 0) is 9.59 Å². The average Bonchev–Trinajstić information content (AvgIpc) is 2.38. The van der Waals surface area contributed by atoms with Gasteiger partial charge in [-0.15, -0.1) is 0 Å². The first-order chi connectivity index (χ1) is 7.81. The molecule has 0 heterocycles. The van der Waals surface area contributed by atoms with E-state index in [1.165, 1.54) is 7.05 Å². The van der Waals surface area contributed by atoms with Crippen LogP contribution >= 0.6 is 0 Å². The van der Waals surface area contributed by atoms with E-state index in [1.807, 2.05) is 20.8 Å². The summed E-state index contributed by atoms with van der Waals surface area (Å²) in [6.07, 6.45) is 5.05. The molecule has 0 saturated carbocycles. The number of hydrogen-bond acceptors (Lipinski definition) is 3. The third kappa shape index (κ3) is 23.2. The van der Waals surface area contributed by atoms with Crippen LogP contribution in [0, 0.1) is 0 Å². The highest BCUT2D eigenvalue weighted by atomic mass is 16.1. The number of rotatable bonds is 7. The van der Waals surface area contributed by atoms with Crippen molar-refractivity contribution >= 4 is 12.2 Å². The SMILES string of the molecule is CC.CCC(=O)NCCCCCC=O.CN. The summed E-state index contributed by atoms with van der Waals surface area (Å²) in [6, 6.07) is 0. The molecule has 0 radical (unpaired) electrons. The Kier molecular flexibility index (Phi) is 30.4. The molecule has 4 nitrogen and oxygen atoms in total. The van der Waals surface area contributed by atoms with Crippen LogP contribution < -0.4 is 11.1 Å². The fourth-order valence-corrected chi connectivity index (χ4v) is 0.882. The van der Waals surface area contributed by atoms with Crippen LogP contribution in [0.4, 0.5) is 0 Å². The van der Waals surface area contributed by atoms with Gasteiger partial charge in [-0.25, -0.2) is 0 Å². The molecule has 0 fully saturated rings. The molecule has 0 rings (SSSR count). The molecule has 0 aromatic carbocycles. The number of hydrogen-bond donors (Lipinski definition) is 2. The van der Waals surface area contributed by atoms with Gasteiger partial charge < -0.3 is 15.8 Å². The maximum atomic E-state index is 10.7. The molecule has 4 heteroatoms. The lowest BCUT2D eigenvalue weighted by Gasteiger charge is -2.01. The molecule has 0 spiro atoms. The first-order valence-corrected chi connectivity index (χ1v) is 6.09. The summed E-state index contributed by atoms with van der Waals surface area (Å²) >= 11 is 0. The molecule has 0 atom stereocenters. The predicted octanol–water partition coefficient (Wildman–Crippen LogP) is 1.87. The highest BCUT2D eigenvalue weighted by Crippen LogP contribution is 1.96. The van der Waals surface area contributed by atoms with Crippen LogP contribution in [-0.4, -0.2) is 25.8 Å². The van der Waals surface area contributed by atoms with Crippen LogP contribution in [0.3, 0.4) is 0 Å². The summed E-state index contributed by atoms with van der Waals surface area (Å²) < 4.78 is 0. The molecule has 0 aromatic heterocycles. The summed E-state index contributed by atoms with van der Waals surface area (Å²) in [6.45, 7) is 6.58. The number of nitrogens with one attached hydrogen (secondary N) is 1. The van der Waals surface area contributed by atoms with Gasteiger partial charge in [-0.3, -0.25) is 4.79 Å². The summed E-state index contributed by atoms with van der Waals surface area (Å²) in [5, 5.41) is 2.78. The Morgan fingerprint density at radius 3 is 2.19 bits per heavy atom. The van der Waals surface area contributed by atoms with Gasteiger partial charge in [0, 0.05) is 19.4 Å². The summed E-state index contributed by atoms with van der Waals surface area (Å²) in [5.41, 5.74) is 4.50. The van der Waals surface area contributed by atoms with Gasteiger partial charge in [0.05, 0.1) is 0 Å². The standard InChI is InChI=1S/C9H17NO2.C2H6.CH5N/c1-2-9(12)10-7-5-3-4-6-8-11;2*1-2/h8H,2-7H2,1H3,(H,10,12);1-2H3;2H2,1H3. The second kappa shape index (κ2) is 23.7. The van der Waals surface area contributed by atoms with Crippen LogP contribution in [0.1, 0.15) is 52.9 Å². The van der Waals surface area contributed by atoms with Gasteiger partial charge >= 0.3 is 0 Å². The van der Waals surface area contributed by atoms with Crippen LogP contribution in [0.25, 0.3) is 0 Å². The van der Waals surface area contributed by atoms with Gasteiger partial charge in [-0.2, -0.15) is 0 Å². The van der Waals surface area contributed by atoms with Crippen LogP contribution in [0.15, 0.2) is 0 Å². The molecule has 0 aliphatic rings. The fraction of sp³-hybridized carbons (Fsp3) is 0.833. The zero-order valence-electron chi connectivity index (χ0n) is 11.2. The van der Waals surface area contributed by atoms with Gasteiger partial charge in [0.1, 0.15) is 6.29 Å². The molecule has 0 aliphatic carbocycles. The maximum Gasteiger partial charge on any atom is 0.219 e. The minimum absolute atomic E-state index is 0.102. The van der Waals surface area contributed by atoms with E-state index in [-0.39, 0.29) is 5.91 Å². The Balaban J connectivity index is -0.000000376. The van der Waals surface area contributed by atoms with Gasteiger partial charge in [0.2, 0.25) is 5.91 Å². The second-order valence-electron chi connectivity index (χ2n) is 2.72. The Hall–Kier alpha value is -0.900. The molecular weight excluding hydrogens is 204 g/mol. The van der Waals surface area contributed by atoms with Crippen molar-refractivity contribution in [1.82, 2.24) is 5.32 Å². The van der Waals surface area contributed by atoms with Crippen molar-refractivity contribution in [3.05, 3.63) is 0 Å². The molecule has 0 saturated heterocycles. The summed E-state index contributed by atoms with van der Waals surface area (Å²) in [5.74, 6) is 0.102. The Labute approximate surface area is 100.0 Å². The maximum absolute atomic E-state index is 10.7.